The van der Waals surface area contributed by atoms with E-state index in [9.17, 15) is 17.6 Å². The molecule has 5 nitrogen and oxygen atoms in total. The molecule has 3 N–H and O–H groups in total. The molecule has 2 aromatic carbocycles. The van der Waals surface area contributed by atoms with Gasteiger partial charge in [-0.25, -0.2) is 12.8 Å². The van der Waals surface area contributed by atoms with Crippen LogP contribution in [0.1, 0.15) is 22.7 Å². The molecule has 120 valence electrons. The van der Waals surface area contributed by atoms with E-state index in [0.717, 1.165) is 11.1 Å². The Morgan fingerprint density at radius 1 is 1.09 bits per heavy atom. The number of benzene rings is 2. The van der Waals surface area contributed by atoms with Gasteiger partial charge in [-0.15, -0.1) is 0 Å². The highest BCUT2D eigenvalue weighted by Gasteiger charge is 2.25. The van der Waals surface area contributed by atoms with Gasteiger partial charge >= 0.3 is 0 Å². The zero-order valence-corrected chi connectivity index (χ0v) is 12.9. The van der Waals surface area contributed by atoms with E-state index in [2.05, 4.69) is 5.32 Å². The molecule has 3 rings (SSSR count). The van der Waals surface area contributed by atoms with Crippen LogP contribution in [0.5, 0.6) is 0 Å². The monoisotopic (exact) mass is 334 g/mol. The standard InChI is InChI=1S/C16H15FN2O3S/c17-13-4-1-10(2-5-13)15(16(18)20)19-14-6-3-11-8-23(21,22)9-12(11)7-14/h1-7,15,19H,8-9H2,(H2,18,20). The van der Waals surface area contributed by atoms with Gasteiger partial charge in [0.05, 0.1) is 11.5 Å². The predicted octanol–water partition coefficient (Wildman–Crippen LogP) is 1.89. The van der Waals surface area contributed by atoms with Crippen LogP contribution in [0.15, 0.2) is 42.5 Å². The number of sulfone groups is 1. The summed E-state index contributed by atoms with van der Waals surface area (Å²) in [6.07, 6.45) is 0. The Morgan fingerprint density at radius 2 is 1.74 bits per heavy atom. The molecule has 0 saturated carbocycles. The second-order valence-corrected chi connectivity index (χ2v) is 7.61. The number of amides is 1. The summed E-state index contributed by atoms with van der Waals surface area (Å²) < 4.78 is 36.3. The highest BCUT2D eigenvalue weighted by molar-refractivity contribution is 7.90. The lowest BCUT2D eigenvalue weighted by molar-refractivity contribution is -0.118. The average Bonchev–Trinajstić information content (AvgIpc) is 2.78. The van der Waals surface area contributed by atoms with Crippen molar-refractivity contribution >= 4 is 21.4 Å². The lowest BCUT2D eigenvalue weighted by atomic mass is 10.0. The third-order valence-corrected chi connectivity index (χ3v) is 5.26. The summed E-state index contributed by atoms with van der Waals surface area (Å²) in [5.74, 6) is -0.973. The maximum Gasteiger partial charge on any atom is 0.244 e. The fourth-order valence-electron chi connectivity index (χ4n) is 2.66. The Balaban J connectivity index is 1.87. The third-order valence-electron chi connectivity index (χ3n) is 3.76. The smallest absolute Gasteiger partial charge is 0.244 e. The van der Waals surface area contributed by atoms with E-state index in [1.165, 1.54) is 24.3 Å². The number of nitrogens with one attached hydrogen (secondary N) is 1. The van der Waals surface area contributed by atoms with E-state index in [1.54, 1.807) is 18.2 Å². The Kier molecular flexibility index (Phi) is 3.81. The van der Waals surface area contributed by atoms with Gasteiger partial charge in [0, 0.05) is 5.69 Å². The van der Waals surface area contributed by atoms with Gasteiger partial charge in [-0.3, -0.25) is 4.79 Å². The Labute approximate surface area is 133 Å². The molecule has 2 aromatic rings. The van der Waals surface area contributed by atoms with Gasteiger partial charge in [0.2, 0.25) is 5.91 Å². The van der Waals surface area contributed by atoms with Crippen molar-refractivity contribution in [2.45, 2.75) is 17.5 Å². The van der Waals surface area contributed by atoms with Gasteiger partial charge in [-0.1, -0.05) is 18.2 Å². The zero-order chi connectivity index (χ0) is 16.6. The summed E-state index contributed by atoms with van der Waals surface area (Å²) in [5.41, 5.74) is 8.04. The van der Waals surface area contributed by atoms with Crippen molar-refractivity contribution in [3.63, 3.8) is 0 Å². The molecule has 1 aliphatic rings. The van der Waals surface area contributed by atoms with Crippen molar-refractivity contribution in [1.29, 1.82) is 0 Å². The summed E-state index contributed by atoms with van der Waals surface area (Å²) in [6.45, 7) is 0. The van der Waals surface area contributed by atoms with Gasteiger partial charge in [-0.2, -0.15) is 0 Å². The molecule has 0 saturated heterocycles. The molecule has 1 unspecified atom stereocenters. The summed E-state index contributed by atoms with van der Waals surface area (Å²) in [4.78, 5) is 11.7. The first-order valence-corrected chi connectivity index (χ1v) is 8.80. The lowest BCUT2D eigenvalue weighted by Crippen LogP contribution is -2.27. The van der Waals surface area contributed by atoms with Crippen molar-refractivity contribution in [2.75, 3.05) is 5.32 Å². The second-order valence-electron chi connectivity index (χ2n) is 5.55. The topological polar surface area (TPSA) is 89.3 Å². The first-order valence-electron chi connectivity index (χ1n) is 6.97. The normalized spacial score (nSPS) is 16.6. The molecule has 1 atom stereocenters. The van der Waals surface area contributed by atoms with Gasteiger partial charge in [-0.05, 0) is 41.0 Å². The van der Waals surface area contributed by atoms with Crippen molar-refractivity contribution < 1.29 is 17.6 Å². The van der Waals surface area contributed by atoms with Crippen LogP contribution in [-0.2, 0) is 26.1 Å². The number of hydrogen-bond donors (Lipinski definition) is 2. The minimum Gasteiger partial charge on any atom is -0.370 e. The first-order chi connectivity index (χ1) is 10.8. The molecule has 23 heavy (non-hydrogen) atoms. The number of hydrogen-bond acceptors (Lipinski definition) is 4. The Morgan fingerprint density at radius 3 is 2.39 bits per heavy atom. The van der Waals surface area contributed by atoms with Crippen LogP contribution in [-0.4, -0.2) is 14.3 Å². The molecule has 0 fully saturated rings. The third kappa shape index (κ3) is 3.34. The molecular weight excluding hydrogens is 319 g/mol. The van der Waals surface area contributed by atoms with Gasteiger partial charge in [0.15, 0.2) is 9.84 Å². The second kappa shape index (κ2) is 5.66. The minimum absolute atomic E-state index is 0.00433. The van der Waals surface area contributed by atoms with Crippen molar-refractivity contribution in [2.24, 2.45) is 5.73 Å². The lowest BCUT2D eigenvalue weighted by Gasteiger charge is -2.17. The number of primary amides is 1. The van der Waals surface area contributed by atoms with E-state index < -0.39 is 27.6 Å². The van der Waals surface area contributed by atoms with E-state index in [4.69, 9.17) is 5.73 Å². The highest BCUT2D eigenvalue weighted by Crippen LogP contribution is 2.29. The largest absolute Gasteiger partial charge is 0.370 e. The number of anilines is 1. The average molecular weight is 334 g/mol. The summed E-state index contributed by atoms with van der Waals surface area (Å²) in [7, 11) is -3.08. The van der Waals surface area contributed by atoms with Crippen LogP contribution < -0.4 is 11.1 Å². The number of nitrogens with two attached hydrogens (primary N) is 1. The van der Waals surface area contributed by atoms with E-state index >= 15 is 0 Å². The number of rotatable bonds is 4. The molecule has 7 heteroatoms. The number of halogens is 1. The van der Waals surface area contributed by atoms with Gasteiger partial charge in [0.25, 0.3) is 0 Å². The summed E-state index contributed by atoms with van der Waals surface area (Å²) in [6, 6.07) is 9.78. The number of fused-ring (bicyclic) bond motifs is 1. The van der Waals surface area contributed by atoms with Crippen LogP contribution in [0.25, 0.3) is 0 Å². The maximum absolute atomic E-state index is 13.0. The molecule has 0 spiro atoms. The summed E-state index contributed by atoms with van der Waals surface area (Å²) >= 11 is 0. The van der Waals surface area contributed by atoms with E-state index in [-0.39, 0.29) is 11.5 Å². The van der Waals surface area contributed by atoms with Crippen molar-refractivity contribution in [3.05, 3.63) is 65.0 Å². The van der Waals surface area contributed by atoms with Crippen LogP contribution in [0.2, 0.25) is 0 Å². The fourth-order valence-corrected chi connectivity index (χ4v) is 4.26. The number of carbonyl (C=O) groups is 1. The number of carbonyl (C=O) groups excluding carboxylic acids is 1. The molecule has 0 bridgehead atoms. The molecule has 0 aliphatic carbocycles. The molecule has 0 radical (unpaired) electrons. The quantitative estimate of drug-likeness (QED) is 0.893. The van der Waals surface area contributed by atoms with Crippen LogP contribution in [0, 0.1) is 5.82 Å². The van der Waals surface area contributed by atoms with Gasteiger partial charge < -0.3 is 11.1 Å². The first kappa shape index (κ1) is 15.5. The molecular formula is C16H15FN2O3S. The fraction of sp³-hybridized carbons (Fsp3) is 0.188. The van der Waals surface area contributed by atoms with Gasteiger partial charge in [0.1, 0.15) is 11.9 Å². The van der Waals surface area contributed by atoms with Crippen molar-refractivity contribution in [1.82, 2.24) is 0 Å². The minimum atomic E-state index is -3.08. The van der Waals surface area contributed by atoms with Crippen molar-refractivity contribution in [3.8, 4) is 0 Å². The predicted molar refractivity (Wildman–Crippen MR) is 84.7 cm³/mol. The maximum atomic E-state index is 13.0. The summed E-state index contributed by atoms with van der Waals surface area (Å²) in [5, 5.41) is 2.98. The molecule has 0 aromatic heterocycles. The zero-order valence-electron chi connectivity index (χ0n) is 12.1. The Bertz CT molecular complexity index is 863. The highest BCUT2D eigenvalue weighted by atomic mass is 32.2. The molecule has 1 heterocycles. The van der Waals surface area contributed by atoms with E-state index in [1.807, 2.05) is 0 Å². The molecule has 1 aliphatic heterocycles. The van der Waals surface area contributed by atoms with E-state index in [0.29, 0.717) is 11.3 Å². The van der Waals surface area contributed by atoms with Crippen LogP contribution >= 0.6 is 0 Å². The molecule has 1 amide bonds. The van der Waals surface area contributed by atoms with Crippen LogP contribution in [0.4, 0.5) is 10.1 Å². The van der Waals surface area contributed by atoms with Crippen LogP contribution in [0.3, 0.4) is 0 Å². The SMILES string of the molecule is NC(=O)C(Nc1ccc2c(c1)CS(=O)(=O)C2)c1ccc(F)cc1. The Hall–Kier alpha value is -2.41.